The minimum atomic E-state index is 0.0602. The van der Waals surface area contributed by atoms with Crippen molar-refractivity contribution >= 4 is 33.0 Å². The normalized spacial score (nSPS) is 15.2. The molecule has 0 spiro atoms. The molecule has 7 aromatic carbocycles. The molecule has 0 fully saturated rings. The molecule has 0 saturated heterocycles. The second-order valence-electron chi connectivity index (χ2n) is 16.0. The Kier molecular flexibility index (Phi) is 8.78. The molecule has 1 aliphatic rings. The van der Waals surface area contributed by atoms with E-state index in [9.17, 15) is 0 Å². The van der Waals surface area contributed by atoms with Crippen LogP contribution in [0, 0.1) is 5.41 Å². The summed E-state index contributed by atoms with van der Waals surface area (Å²) in [6, 6.07) is 61.7. The van der Waals surface area contributed by atoms with Gasteiger partial charge in [-0.3, -0.25) is 0 Å². The van der Waals surface area contributed by atoms with Gasteiger partial charge in [-0.15, -0.1) is 0 Å². The largest absolute Gasteiger partial charge is 0.311 e. The Hall–Kier alpha value is -5.18. The van der Waals surface area contributed by atoms with E-state index >= 15 is 0 Å². The van der Waals surface area contributed by atoms with E-state index in [-0.39, 0.29) is 16.2 Å². The minimum absolute atomic E-state index is 0.0602. The van der Waals surface area contributed by atoms with Crippen molar-refractivity contribution in [2.24, 2.45) is 5.41 Å². The standard InChI is InChI=1S/C51H46BrN/c1-49(2)46-33-45(48(52)34-47(46)50(3,4)51(49,5)6)41-19-17-37(18-20-41)40-25-31-44(32-26-40)53(42-27-21-38(22-28-42)35-13-9-7-10-14-35)43-29-23-39(24-30-43)36-15-11-8-12-16-36/h7-34H,1-6H3. The van der Waals surface area contributed by atoms with E-state index < -0.39 is 0 Å². The van der Waals surface area contributed by atoms with E-state index in [0.29, 0.717) is 0 Å². The Morgan fingerprint density at radius 3 is 1.04 bits per heavy atom. The number of halogens is 1. The van der Waals surface area contributed by atoms with Crippen molar-refractivity contribution in [1.29, 1.82) is 0 Å². The van der Waals surface area contributed by atoms with Gasteiger partial charge in [-0.05, 0) is 120 Å². The zero-order valence-corrected chi connectivity index (χ0v) is 33.1. The smallest absolute Gasteiger partial charge is 0.0462 e. The zero-order valence-electron chi connectivity index (χ0n) is 31.5. The van der Waals surface area contributed by atoms with E-state index in [1.54, 1.807) is 0 Å². The molecule has 7 aromatic rings. The maximum atomic E-state index is 3.96. The van der Waals surface area contributed by atoms with Gasteiger partial charge in [-0.1, -0.05) is 179 Å². The molecule has 53 heavy (non-hydrogen) atoms. The van der Waals surface area contributed by atoms with Crippen molar-refractivity contribution in [3.8, 4) is 44.5 Å². The van der Waals surface area contributed by atoms with Gasteiger partial charge in [-0.25, -0.2) is 0 Å². The van der Waals surface area contributed by atoms with Crippen LogP contribution < -0.4 is 4.90 Å². The minimum Gasteiger partial charge on any atom is -0.311 e. The number of benzene rings is 7. The number of nitrogens with zero attached hydrogens (tertiary/aromatic N) is 1. The molecule has 262 valence electrons. The Balaban J connectivity index is 1.10. The second kappa shape index (κ2) is 13.3. The van der Waals surface area contributed by atoms with Gasteiger partial charge in [0.05, 0.1) is 0 Å². The summed E-state index contributed by atoms with van der Waals surface area (Å²) in [5, 5.41) is 0. The van der Waals surface area contributed by atoms with Crippen LogP contribution in [-0.2, 0) is 10.8 Å². The van der Waals surface area contributed by atoms with Crippen molar-refractivity contribution in [3.63, 3.8) is 0 Å². The Morgan fingerprint density at radius 1 is 0.358 bits per heavy atom. The third kappa shape index (κ3) is 6.04. The van der Waals surface area contributed by atoms with E-state index in [0.717, 1.165) is 21.5 Å². The molecule has 0 aliphatic heterocycles. The molecular weight excluding hydrogens is 706 g/mol. The van der Waals surface area contributed by atoms with Crippen LogP contribution in [0.25, 0.3) is 44.5 Å². The molecule has 0 amide bonds. The fourth-order valence-corrected chi connectivity index (χ4v) is 8.82. The molecule has 0 atom stereocenters. The lowest BCUT2D eigenvalue weighted by Gasteiger charge is -2.44. The van der Waals surface area contributed by atoms with Crippen LogP contribution in [-0.4, -0.2) is 0 Å². The summed E-state index contributed by atoms with van der Waals surface area (Å²) in [4.78, 5) is 2.34. The summed E-state index contributed by atoms with van der Waals surface area (Å²) in [5.74, 6) is 0. The van der Waals surface area contributed by atoms with E-state index in [1.807, 2.05) is 0 Å². The van der Waals surface area contributed by atoms with Gasteiger partial charge in [-0.2, -0.15) is 0 Å². The Morgan fingerprint density at radius 2 is 0.660 bits per heavy atom. The van der Waals surface area contributed by atoms with Crippen molar-refractivity contribution in [1.82, 2.24) is 0 Å². The number of hydrogen-bond acceptors (Lipinski definition) is 1. The van der Waals surface area contributed by atoms with Crippen molar-refractivity contribution in [2.45, 2.75) is 52.4 Å². The van der Waals surface area contributed by atoms with Crippen molar-refractivity contribution < 1.29 is 0 Å². The predicted molar refractivity (Wildman–Crippen MR) is 230 cm³/mol. The summed E-state index contributed by atoms with van der Waals surface area (Å²) in [6.45, 7) is 14.5. The molecule has 0 bridgehead atoms. The summed E-state index contributed by atoms with van der Waals surface area (Å²) >= 11 is 3.96. The number of hydrogen-bond donors (Lipinski definition) is 0. The Labute approximate surface area is 324 Å². The van der Waals surface area contributed by atoms with Crippen LogP contribution >= 0.6 is 15.9 Å². The first-order chi connectivity index (χ1) is 25.5. The van der Waals surface area contributed by atoms with E-state index in [2.05, 4.69) is 232 Å². The number of rotatable bonds is 7. The molecule has 0 aromatic heterocycles. The van der Waals surface area contributed by atoms with E-state index in [1.165, 1.54) is 55.6 Å². The molecule has 0 heterocycles. The zero-order chi connectivity index (χ0) is 37.0. The highest BCUT2D eigenvalue weighted by Crippen LogP contribution is 2.62. The van der Waals surface area contributed by atoms with Crippen LogP contribution in [0.3, 0.4) is 0 Å². The van der Waals surface area contributed by atoms with Crippen molar-refractivity contribution in [3.05, 3.63) is 185 Å². The van der Waals surface area contributed by atoms with Gasteiger partial charge in [0.1, 0.15) is 0 Å². The SMILES string of the molecule is CC1(C)c2cc(Br)c(-c3ccc(-c4ccc(N(c5ccc(-c6ccccc6)cc5)c5ccc(-c6ccccc6)cc5)cc4)cc3)cc2C(C)(C)C1(C)C. The van der Waals surface area contributed by atoms with Crippen LogP contribution in [0.5, 0.6) is 0 Å². The molecule has 0 radical (unpaired) electrons. The van der Waals surface area contributed by atoms with Gasteiger partial charge in [0, 0.05) is 21.5 Å². The van der Waals surface area contributed by atoms with Crippen LogP contribution in [0.1, 0.15) is 52.7 Å². The quantitative estimate of drug-likeness (QED) is 0.157. The summed E-state index contributed by atoms with van der Waals surface area (Å²) in [5.41, 5.74) is 16.2. The second-order valence-corrected chi connectivity index (χ2v) is 16.9. The van der Waals surface area contributed by atoms with Crippen LogP contribution in [0.2, 0.25) is 0 Å². The molecule has 8 rings (SSSR count). The molecule has 2 heteroatoms. The lowest BCUT2D eigenvalue weighted by Crippen LogP contribution is -2.42. The fraction of sp³-hybridized carbons (Fsp3) is 0.176. The van der Waals surface area contributed by atoms with E-state index in [4.69, 9.17) is 0 Å². The third-order valence-corrected chi connectivity index (χ3v) is 13.4. The van der Waals surface area contributed by atoms with Gasteiger partial charge < -0.3 is 4.90 Å². The summed E-state index contributed by atoms with van der Waals surface area (Å²) in [7, 11) is 0. The topological polar surface area (TPSA) is 3.24 Å². The highest BCUT2D eigenvalue weighted by Gasteiger charge is 2.56. The maximum absolute atomic E-state index is 3.96. The first-order valence-electron chi connectivity index (χ1n) is 18.6. The highest BCUT2D eigenvalue weighted by molar-refractivity contribution is 9.10. The third-order valence-electron chi connectivity index (χ3n) is 12.7. The molecule has 1 aliphatic carbocycles. The van der Waals surface area contributed by atoms with Gasteiger partial charge in [0.2, 0.25) is 0 Å². The first kappa shape index (κ1) is 34.9. The van der Waals surface area contributed by atoms with Crippen LogP contribution in [0.4, 0.5) is 17.1 Å². The van der Waals surface area contributed by atoms with Crippen LogP contribution in [0.15, 0.2) is 174 Å². The lowest BCUT2D eigenvalue weighted by atomic mass is 9.59. The van der Waals surface area contributed by atoms with Gasteiger partial charge in [0.25, 0.3) is 0 Å². The molecular formula is C51H46BrN. The average Bonchev–Trinajstić information content (AvgIpc) is 3.29. The molecule has 0 unspecified atom stereocenters. The first-order valence-corrected chi connectivity index (χ1v) is 19.4. The Bertz CT molecular complexity index is 2290. The van der Waals surface area contributed by atoms with Crippen molar-refractivity contribution in [2.75, 3.05) is 4.90 Å². The van der Waals surface area contributed by atoms with Gasteiger partial charge in [0.15, 0.2) is 0 Å². The number of fused-ring (bicyclic) bond motifs is 1. The maximum Gasteiger partial charge on any atom is 0.0462 e. The number of anilines is 3. The molecule has 0 N–H and O–H groups in total. The highest BCUT2D eigenvalue weighted by atomic mass is 79.9. The summed E-state index contributed by atoms with van der Waals surface area (Å²) in [6.07, 6.45) is 0. The summed E-state index contributed by atoms with van der Waals surface area (Å²) < 4.78 is 1.16. The lowest BCUT2D eigenvalue weighted by molar-refractivity contribution is 0.125. The molecule has 0 saturated carbocycles. The molecule has 1 nitrogen and oxygen atoms in total. The average molecular weight is 753 g/mol. The van der Waals surface area contributed by atoms with Gasteiger partial charge >= 0.3 is 0 Å². The predicted octanol–water partition coefficient (Wildman–Crippen LogP) is 15.2. The monoisotopic (exact) mass is 751 g/mol. The fourth-order valence-electron chi connectivity index (χ4n) is 8.24.